The van der Waals surface area contributed by atoms with Crippen LogP contribution in [0.25, 0.3) is 0 Å². The summed E-state index contributed by atoms with van der Waals surface area (Å²) in [5.41, 5.74) is 3.25. The molecule has 0 bridgehead atoms. The lowest BCUT2D eigenvalue weighted by atomic mass is 10.0. The van der Waals surface area contributed by atoms with Gasteiger partial charge in [-0.05, 0) is 55.5 Å². The number of rotatable bonds is 7. The second-order valence-corrected chi connectivity index (χ2v) is 9.93. The summed E-state index contributed by atoms with van der Waals surface area (Å²) in [4.78, 5) is 31.6. The highest BCUT2D eigenvalue weighted by atomic mass is 16.2. The number of anilines is 1. The zero-order valence-electron chi connectivity index (χ0n) is 21.5. The molecule has 10 nitrogen and oxygen atoms in total. The highest BCUT2D eigenvalue weighted by Crippen LogP contribution is 2.21. The van der Waals surface area contributed by atoms with E-state index in [4.69, 9.17) is 0 Å². The van der Waals surface area contributed by atoms with Crippen LogP contribution in [0.4, 0.5) is 10.5 Å². The summed E-state index contributed by atoms with van der Waals surface area (Å²) in [6, 6.07) is 12.7. The Morgan fingerprint density at radius 1 is 0.946 bits per heavy atom. The average Bonchev–Trinajstić information content (AvgIpc) is 3.61. The minimum Gasteiger partial charge on any atom is -0.371 e. The smallest absolute Gasteiger partial charge is 0.317 e. The SMILES string of the molecule is Cn1cccc1C(=O)N1CCN(C(=O)NC2CCN(c3ccc(CCCn4ccnn4)cc3)CC2)CC1. The summed E-state index contributed by atoms with van der Waals surface area (Å²) in [5.74, 6) is 0.0275. The topological polar surface area (TPSA) is 91.5 Å². The van der Waals surface area contributed by atoms with Crippen molar-refractivity contribution in [3.8, 4) is 0 Å². The van der Waals surface area contributed by atoms with Crippen molar-refractivity contribution in [2.24, 2.45) is 7.05 Å². The van der Waals surface area contributed by atoms with Gasteiger partial charge < -0.3 is 24.6 Å². The van der Waals surface area contributed by atoms with Gasteiger partial charge in [-0.25, -0.2) is 4.79 Å². The third kappa shape index (κ3) is 6.12. The number of piperidine rings is 1. The molecule has 3 aromatic rings. The molecule has 0 aliphatic carbocycles. The first-order valence-electron chi connectivity index (χ1n) is 13.2. The van der Waals surface area contributed by atoms with Crippen LogP contribution in [0.1, 0.15) is 35.3 Å². The Balaban J connectivity index is 1.02. The van der Waals surface area contributed by atoms with Crippen molar-refractivity contribution in [1.82, 2.24) is 34.7 Å². The number of hydrogen-bond donors (Lipinski definition) is 1. The van der Waals surface area contributed by atoms with Gasteiger partial charge in [0.15, 0.2) is 0 Å². The molecule has 2 aliphatic heterocycles. The van der Waals surface area contributed by atoms with Gasteiger partial charge in [0.25, 0.3) is 5.91 Å². The van der Waals surface area contributed by atoms with E-state index in [0.717, 1.165) is 45.3 Å². The highest BCUT2D eigenvalue weighted by molar-refractivity contribution is 5.93. The second-order valence-electron chi connectivity index (χ2n) is 9.93. The molecule has 4 heterocycles. The average molecular weight is 505 g/mol. The van der Waals surface area contributed by atoms with Crippen LogP contribution in [0.15, 0.2) is 55.0 Å². The Morgan fingerprint density at radius 2 is 1.68 bits per heavy atom. The normalized spacial score (nSPS) is 16.7. The van der Waals surface area contributed by atoms with E-state index in [1.165, 1.54) is 11.3 Å². The number of aromatic nitrogens is 4. The molecule has 1 N–H and O–H groups in total. The monoisotopic (exact) mass is 504 g/mol. The fourth-order valence-corrected chi connectivity index (χ4v) is 5.18. The van der Waals surface area contributed by atoms with Crippen LogP contribution < -0.4 is 10.2 Å². The van der Waals surface area contributed by atoms with Crippen molar-refractivity contribution in [3.05, 3.63) is 66.2 Å². The van der Waals surface area contributed by atoms with Crippen molar-refractivity contribution >= 4 is 17.6 Å². The maximum Gasteiger partial charge on any atom is 0.317 e. The molecule has 2 fully saturated rings. The summed E-state index contributed by atoms with van der Waals surface area (Å²) >= 11 is 0. The van der Waals surface area contributed by atoms with Gasteiger partial charge in [0.2, 0.25) is 0 Å². The molecular weight excluding hydrogens is 468 g/mol. The maximum atomic E-state index is 12.9. The van der Waals surface area contributed by atoms with Crippen LogP contribution in [0.2, 0.25) is 0 Å². The standard InChI is InChI=1S/C27H36N8O2/c1-31-13-3-5-25(31)26(36)33-18-20-34(21-19-33)27(37)29-23-10-15-32(16-11-23)24-8-6-22(7-9-24)4-2-14-35-17-12-28-30-35/h3,5-9,12-13,17,23H,2,4,10-11,14-16,18-21H2,1H3,(H,29,37). The van der Waals surface area contributed by atoms with Gasteiger partial charge in [0, 0.05) is 77.0 Å². The van der Waals surface area contributed by atoms with Crippen LogP contribution in [-0.2, 0) is 20.0 Å². The van der Waals surface area contributed by atoms with E-state index >= 15 is 0 Å². The number of nitrogens with one attached hydrogen (secondary N) is 1. The Bertz CT molecular complexity index is 1160. The fourth-order valence-electron chi connectivity index (χ4n) is 5.18. The number of carbonyl (C=O) groups is 2. The van der Waals surface area contributed by atoms with Gasteiger partial charge in [0.05, 0.1) is 6.20 Å². The van der Waals surface area contributed by atoms with Gasteiger partial charge in [-0.3, -0.25) is 9.48 Å². The Kier molecular flexibility index (Phi) is 7.72. The maximum absolute atomic E-state index is 12.9. The van der Waals surface area contributed by atoms with Crippen molar-refractivity contribution in [1.29, 1.82) is 0 Å². The van der Waals surface area contributed by atoms with Crippen LogP contribution in [-0.4, -0.2) is 86.6 Å². The van der Waals surface area contributed by atoms with Gasteiger partial charge in [0.1, 0.15) is 5.69 Å². The molecular formula is C27H36N8O2. The Labute approximate surface area is 217 Å². The number of benzene rings is 1. The highest BCUT2D eigenvalue weighted by Gasteiger charge is 2.28. The number of aryl methyl sites for hydroxylation is 3. The first kappa shape index (κ1) is 24.9. The molecule has 2 aliphatic rings. The summed E-state index contributed by atoms with van der Waals surface area (Å²) in [6.07, 6.45) is 9.38. The van der Waals surface area contributed by atoms with Crippen molar-refractivity contribution < 1.29 is 9.59 Å². The molecule has 0 saturated carbocycles. The van der Waals surface area contributed by atoms with Crippen molar-refractivity contribution in [2.75, 3.05) is 44.2 Å². The zero-order chi connectivity index (χ0) is 25.6. The lowest BCUT2D eigenvalue weighted by Crippen LogP contribution is -2.55. The van der Waals surface area contributed by atoms with E-state index < -0.39 is 0 Å². The number of carbonyl (C=O) groups excluding carboxylic acids is 2. The largest absolute Gasteiger partial charge is 0.371 e. The summed E-state index contributed by atoms with van der Waals surface area (Å²) in [7, 11) is 1.88. The van der Waals surface area contributed by atoms with E-state index in [1.807, 2.05) is 50.6 Å². The number of hydrogen-bond acceptors (Lipinski definition) is 5. The van der Waals surface area contributed by atoms with E-state index in [0.29, 0.717) is 31.9 Å². The predicted molar refractivity (Wildman–Crippen MR) is 141 cm³/mol. The second kappa shape index (κ2) is 11.5. The van der Waals surface area contributed by atoms with Crippen LogP contribution in [0.3, 0.4) is 0 Å². The predicted octanol–water partition coefficient (Wildman–Crippen LogP) is 2.39. The molecule has 0 atom stereocenters. The van der Waals surface area contributed by atoms with Gasteiger partial charge in [-0.15, -0.1) is 5.10 Å². The molecule has 196 valence electrons. The lowest BCUT2D eigenvalue weighted by molar-refractivity contribution is 0.0653. The molecule has 0 radical (unpaired) electrons. The quantitative estimate of drug-likeness (QED) is 0.534. The van der Waals surface area contributed by atoms with Gasteiger partial charge >= 0.3 is 6.03 Å². The molecule has 1 aromatic carbocycles. The zero-order valence-corrected chi connectivity index (χ0v) is 21.5. The fraction of sp³-hybridized carbons (Fsp3) is 0.481. The minimum atomic E-state index is -0.0142. The third-order valence-corrected chi connectivity index (χ3v) is 7.47. The molecule has 2 saturated heterocycles. The third-order valence-electron chi connectivity index (χ3n) is 7.47. The lowest BCUT2D eigenvalue weighted by Gasteiger charge is -2.37. The molecule has 10 heteroatoms. The summed E-state index contributed by atoms with van der Waals surface area (Å²) in [5, 5.41) is 11.1. The number of amides is 3. The number of nitrogens with zero attached hydrogens (tertiary/aromatic N) is 7. The van der Waals surface area contributed by atoms with Crippen molar-refractivity contribution in [3.63, 3.8) is 0 Å². The molecule has 2 aromatic heterocycles. The first-order chi connectivity index (χ1) is 18.1. The summed E-state index contributed by atoms with van der Waals surface area (Å²) < 4.78 is 3.70. The van der Waals surface area contributed by atoms with Crippen LogP contribution in [0, 0.1) is 0 Å². The van der Waals surface area contributed by atoms with E-state index in [-0.39, 0.29) is 18.0 Å². The molecule has 3 amide bonds. The van der Waals surface area contributed by atoms with E-state index in [2.05, 4.69) is 44.8 Å². The Hall–Kier alpha value is -3.82. The van der Waals surface area contributed by atoms with E-state index in [9.17, 15) is 9.59 Å². The van der Waals surface area contributed by atoms with Crippen LogP contribution >= 0.6 is 0 Å². The van der Waals surface area contributed by atoms with Gasteiger partial charge in [-0.1, -0.05) is 17.3 Å². The van der Waals surface area contributed by atoms with E-state index in [1.54, 1.807) is 6.20 Å². The summed E-state index contributed by atoms with van der Waals surface area (Å²) in [6.45, 7) is 4.98. The first-order valence-corrected chi connectivity index (χ1v) is 13.2. The minimum absolute atomic E-state index is 0.0142. The van der Waals surface area contributed by atoms with Crippen LogP contribution in [0.5, 0.6) is 0 Å². The number of urea groups is 1. The van der Waals surface area contributed by atoms with Gasteiger partial charge in [-0.2, -0.15) is 0 Å². The molecule has 0 unspecified atom stereocenters. The Morgan fingerprint density at radius 3 is 2.32 bits per heavy atom. The number of piperazine rings is 1. The molecule has 5 rings (SSSR count). The van der Waals surface area contributed by atoms with Crippen molar-refractivity contribution in [2.45, 2.75) is 38.3 Å². The molecule has 0 spiro atoms. The molecule has 37 heavy (non-hydrogen) atoms.